The Morgan fingerprint density at radius 3 is 2.41 bits per heavy atom. The van der Waals surface area contributed by atoms with E-state index in [0.29, 0.717) is 37.0 Å². The van der Waals surface area contributed by atoms with Gasteiger partial charge in [0.05, 0.1) is 11.4 Å². The van der Waals surface area contributed by atoms with E-state index < -0.39 is 10.0 Å². The molecule has 2 N–H and O–H groups in total. The Balaban J connectivity index is 0.00000289. The number of hydrogen-bond donors (Lipinski definition) is 2. The van der Waals surface area contributed by atoms with Gasteiger partial charge in [0.2, 0.25) is 16.8 Å². The van der Waals surface area contributed by atoms with Crippen LogP contribution < -0.4 is 20.1 Å². The number of nitrogens with one attached hydrogen (secondary N) is 2. The van der Waals surface area contributed by atoms with Crippen molar-refractivity contribution in [2.75, 3.05) is 26.4 Å². The van der Waals surface area contributed by atoms with Crippen LogP contribution in [0.1, 0.15) is 30.9 Å². The zero-order valence-electron chi connectivity index (χ0n) is 18.0. The summed E-state index contributed by atoms with van der Waals surface area (Å²) in [5.74, 6) is 2.19. The number of fused-ring (bicyclic) bond motifs is 1. The number of hydrogen-bond acceptors (Lipinski definition) is 5. The Kier molecular flexibility index (Phi) is 8.60. The second kappa shape index (κ2) is 11.2. The highest BCUT2D eigenvalue weighted by Gasteiger charge is 2.26. The summed E-state index contributed by atoms with van der Waals surface area (Å²) in [4.78, 5) is 4.98. The van der Waals surface area contributed by atoms with Gasteiger partial charge < -0.3 is 20.1 Å². The van der Waals surface area contributed by atoms with Crippen LogP contribution in [0, 0.1) is 0 Å². The molecule has 1 saturated heterocycles. The molecular weight excluding hydrogens is 543 g/mol. The average Bonchev–Trinajstić information content (AvgIpc) is 3.48. The molecule has 4 rings (SSSR count). The van der Waals surface area contributed by atoms with Gasteiger partial charge in [0.1, 0.15) is 0 Å². The highest BCUT2D eigenvalue weighted by atomic mass is 127. The van der Waals surface area contributed by atoms with Crippen LogP contribution >= 0.6 is 24.0 Å². The molecule has 2 aromatic rings. The zero-order valence-corrected chi connectivity index (χ0v) is 21.2. The first kappa shape index (κ1) is 24.6. The lowest BCUT2D eigenvalue weighted by molar-refractivity contribution is 0.174. The summed E-state index contributed by atoms with van der Waals surface area (Å²) in [6.45, 7) is 5.26. The van der Waals surface area contributed by atoms with E-state index in [9.17, 15) is 8.42 Å². The molecule has 0 atom stereocenters. The Bertz CT molecular complexity index is 1040. The number of aliphatic imine (C=N–C) groups is 1. The van der Waals surface area contributed by atoms with Crippen molar-refractivity contribution in [2.45, 2.75) is 37.8 Å². The lowest BCUT2D eigenvalue weighted by Crippen LogP contribution is -2.36. The SMILES string of the molecule is CCNC(=NCc1ccc2c(c1)OCO2)NCc1ccc(S(=O)(=O)N2CCCC2)cc1.I. The van der Waals surface area contributed by atoms with Crippen LogP contribution in [0.2, 0.25) is 0 Å². The number of nitrogens with zero attached hydrogens (tertiary/aromatic N) is 2. The van der Waals surface area contributed by atoms with Crippen LogP contribution in [0.25, 0.3) is 0 Å². The molecule has 0 aliphatic carbocycles. The molecule has 0 radical (unpaired) electrons. The summed E-state index contributed by atoms with van der Waals surface area (Å²) < 4.78 is 37.6. The van der Waals surface area contributed by atoms with E-state index in [2.05, 4.69) is 15.6 Å². The summed E-state index contributed by atoms with van der Waals surface area (Å²) >= 11 is 0. The third-order valence-corrected chi connectivity index (χ3v) is 7.20. The van der Waals surface area contributed by atoms with Crippen LogP contribution in [0.4, 0.5) is 0 Å². The minimum Gasteiger partial charge on any atom is -0.454 e. The maximum absolute atomic E-state index is 12.7. The smallest absolute Gasteiger partial charge is 0.243 e. The van der Waals surface area contributed by atoms with Crippen molar-refractivity contribution in [2.24, 2.45) is 4.99 Å². The van der Waals surface area contributed by atoms with Gasteiger partial charge in [0.25, 0.3) is 0 Å². The molecule has 2 aliphatic rings. The van der Waals surface area contributed by atoms with Crippen molar-refractivity contribution in [1.82, 2.24) is 14.9 Å². The van der Waals surface area contributed by atoms with Crippen LogP contribution in [0.3, 0.4) is 0 Å². The molecule has 1 fully saturated rings. The van der Waals surface area contributed by atoms with Crippen molar-refractivity contribution in [1.29, 1.82) is 0 Å². The number of sulfonamides is 1. The Labute approximate surface area is 206 Å². The van der Waals surface area contributed by atoms with Gasteiger partial charge in [-0.15, -0.1) is 24.0 Å². The van der Waals surface area contributed by atoms with Crippen LogP contribution in [-0.4, -0.2) is 45.1 Å². The molecule has 32 heavy (non-hydrogen) atoms. The quantitative estimate of drug-likeness (QED) is 0.301. The summed E-state index contributed by atoms with van der Waals surface area (Å²) in [5.41, 5.74) is 2.01. The van der Waals surface area contributed by atoms with E-state index in [-0.39, 0.29) is 30.8 Å². The van der Waals surface area contributed by atoms with Crippen LogP contribution in [0.5, 0.6) is 11.5 Å². The van der Waals surface area contributed by atoms with E-state index in [0.717, 1.165) is 42.0 Å². The van der Waals surface area contributed by atoms with Gasteiger partial charge in [-0.05, 0) is 55.2 Å². The molecule has 0 bridgehead atoms. The lowest BCUT2D eigenvalue weighted by Gasteiger charge is -2.16. The predicted octanol–water partition coefficient (Wildman–Crippen LogP) is 3.07. The van der Waals surface area contributed by atoms with Gasteiger partial charge in [-0.2, -0.15) is 4.31 Å². The van der Waals surface area contributed by atoms with Crippen LogP contribution in [-0.2, 0) is 23.1 Å². The number of rotatable bonds is 7. The third kappa shape index (κ3) is 5.84. The summed E-state index contributed by atoms with van der Waals surface area (Å²) in [5, 5.41) is 6.52. The second-order valence-electron chi connectivity index (χ2n) is 7.49. The topological polar surface area (TPSA) is 92.3 Å². The molecular formula is C22H29IN4O4S. The Morgan fingerprint density at radius 1 is 1.00 bits per heavy atom. The highest BCUT2D eigenvalue weighted by Crippen LogP contribution is 2.32. The standard InChI is InChI=1S/C22H28N4O4S.HI/c1-2-23-22(25-15-18-7-10-20-21(13-18)30-16-29-20)24-14-17-5-8-19(9-6-17)31(27,28)26-11-3-4-12-26;/h5-10,13H,2-4,11-12,14-16H2,1H3,(H2,23,24,25);1H. The largest absolute Gasteiger partial charge is 0.454 e. The molecule has 0 spiro atoms. The highest BCUT2D eigenvalue weighted by molar-refractivity contribution is 14.0. The first-order valence-corrected chi connectivity index (χ1v) is 12.0. The van der Waals surface area contributed by atoms with E-state index in [1.807, 2.05) is 37.3 Å². The predicted molar refractivity (Wildman–Crippen MR) is 134 cm³/mol. The zero-order chi connectivity index (χ0) is 21.7. The Morgan fingerprint density at radius 2 is 1.69 bits per heavy atom. The first-order valence-electron chi connectivity index (χ1n) is 10.6. The summed E-state index contributed by atoms with van der Waals surface area (Å²) in [6, 6.07) is 12.9. The fourth-order valence-electron chi connectivity index (χ4n) is 3.59. The molecule has 10 heteroatoms. The fourth-order valence-corrected chi connectivity index (χ4v) is 5.11. The summed E-state index contributed by atoms with van der Waals surface area (Å²) in [6.07, 6.45) is 1.86. The summed E-state index contributed by atoms with van der Waals surface area (Å²) in [7, 11) is -3.38. The number of ether oxygens (including phenoxy) is 2. The Hall–Kier alpha value is -2.05. The van der Waals surface area contributed by atoms with Gasteiger partial charge in [0, 0.05) is 26.2 Å². The van der Waals surface area contributed by atoms with Gasteiger partial charge >= 0.3 is 0 Å². The molecule has 2 heterocycles. The van der Waals surface area contributed by atoms with E-state index in [4.69, 9.17) is 9.47 Å². The van der Waals surface area contributed by atoms with Crippen molar-refractivity contribution < 1.29 is 17.9 Å². The van der Waals surface area contributed by atoms with E-state index >= 15 is 0 Å². The molecule has 174 valence electrons. The third-order valence-electron chi connectivity index (χ3n) is 5.29. The molecule has 0 unspecified atom stereocenters. The van der Waals surface area contributed by atoms with E-state index in [1.165, 1.54) is 0 Å². The van der Waals surface area contributed by atoms with Crippen molar-refractivity contribution in [3.8, 4) is 11.5 Å². The second-order valence-corrected chi connectivity index (χ2v) is 9.43. The number of guanidine groups is 1. The average molecular weight is 572 g/mol. The minimum atomic E-state index is -3.38. The van der Waals surface area contributed by atoms with E-state index in [1.54, 1.807) is 16.4 Å². The molecule has 0 saturated carbocycles. The maximum Gasteiger partial charge on any atom is 0.243 e. The molecule has 0 aromatic heterocycles. The fraction of sp³-hybridized carbons (Fsp3) is 0.409. The molecule has 2 aromatic carbocycles. The van der Waals surface area contributed by atoms with Gasteiger partial charge in [-0.1, -0.05) is 18.2 Å². The minimum absolute atomic E-state index is 0. The van der Waals surface area contributed by atoms with Gasteiger partial charge in [0.15, 0.2) is 17.5 Å². The lowest BCUT2D eigenvalue weighted by atomic mass is 10.2. The van der Waals surface area contributed by atoms with Gasteiger partial charge in [-0.25, -0.2) is 13.4 Å². The van der Waals surface area contributed by atoms with Crippen molar-refractivity contribution >= 4 is 40.0 Å². The molecule has 8 nitrogen and oxygen atoms in total. The van der Waals surface area contributed by atoms with Crippen molar-refractivity contribution in [3.05, 3.63) is 53.6 Å². The monoisotopic (exact) mass is 572 g/mol. The molecule has 0 amide bonds. The molecule has 2 aliphatic heterocycles. The maximum atomic E-state index is 12.7. The number of benzene rings is 2. The first-order chi connectivity index (χ1) is 15.1. The van der Waals surface area contributed by atoms with Gasteiger partial charge in [-0.3, -0.25) is 0 Å². The normalized spacial score (nSPS) is 16.0. The number of halogens is 1. The van der Waals surface area contributed by atoms with Crippen LogP contribution in [0.15, 0.2) is 52.4 Å². The van der Waals surface area contributed by atoms with Crippen molar-refractivity contribution in [3.63, 3.8) is 0 Å².